The van der Waals surface area contributed by atoms with Gasteiger partial charge in [0.25, 0.3) is 0 Å². The van der Waals surface area contributed by atoms with Crippen molar-refractivity contribution < 1.29 is 4.79 Å². The van der Waals surface area contributed by atoms with Crippen LogP contribution in [0.25, 0.3) is 0 Å². The fraction of sp³-hybridized carbons (Fsp3) is 0.522. The maximum atomic E-state index is 12.4. The van der Waals surface area contributed by atoms with Crippen molar-refractivity contribution in [1.29, 1.82) is 0 Å². The number of amides is 1. The molecule has 1 fully saturated rings. The van der Waals surface area contributed by atoms with Crippen LogP contribution in [0.5, 0.6) is 0 Å². The van der Waals surface area contributed by atoms with Crippen molar-refractivity contribution in [2.75, 3.05) is 19.6 Å². The molecule has 1 N–H and O–H groups in total. The molecule has 0 radical (unpaired) electrons. The molecule has 1 saturated heterocycles. The van der Waals surface area contributed by atoms with E-state index >= 15 is 0 Å². The third-order valence-corrected chi connectivity index (χ3v) is 6.89. The molecule has 0 spiro atoms. The van der Waals surface area contributed by atoms with Crippen LogP contribution in [0.3, 0.4) is 0 Å². The van der Waals surface area contributed by atoms with E-state index in [0.29, 0.717) is 12.3 Å². The number of benzene rings is 1. The summed E-state index contributed by atoms with van der Waals surface area (Å²) >= 11 is 1.84. The van der Waals surface area contributed by atoms with Gasteiger partial charge in [0.2, 0.25) is 5.91 Å². The summed E-state index contributed by atoms with van der Waals surface area (Å²) in [6.07, 6.45) is 7.86. The Bertz CT molecular complexity index is 748. The van der Waals surface area contributed by atoms with E-state index in [1.807, 2.05) is 11.3 Å². The molecule has 3 nitrogen and oxygen atoms in total. The lowest BCUT2D eigenvalue weighted by Gasteiger charge is -2.31. The number of rotatable bonds is 6. The third kappa shape index (κ3) is 5.20. The zero-order valence-electron chi connectivity index (χ0n) is 16.1. The molecule has 144 valence electrons. The lowest BCUT2D eigenvalue weighted by molar-refractivity contribution is -0.120. The summed E-state index contributed by atoms with van der Waals surface area (Å²) < 4.78 is 0. The molecule has 1 aromatic heterocycles. The Balaban J connectivity index is 1.19. The Kier molecular flexibility index (Phi) is 6.25. The molecule has 27 heavy (non-hydrogen) atoms. The number of fused-ring (bicyclic) bond motifs is 1. The first-order chi connectivity index (χ1) is 13.3. The first kappa shape index (κ1) is 18.7. The van der Waals surface area contributed by atoms with Gasteiger partial charge in [-0.1, -0.05) is 24.3 Å². The predicted molar refractivity (Wildman–Crippen MR) is 112 cm³/mol. The van der Waals surface area contributed by atoms with E-state index in [9.17, 15) is 4.79 Å². The third-order valence-electron chi connectivity index (χ3n) is 6.03. The molecule has 1 aliphatic heterocycles. The van der Waals surface area contributed by atoms with E-state index in [1.54, 1.807) is 0 Å². The highest BCUT2D eigenvalue weighted by atomic mass is 32.1. The summed E-state index contributed by atoms with van der Waals surface area (Å²) in [4.78, 5) is 16.4. The summed E-state index contributed by atoms with van der Waals surface area (Å²) in [6.45, 7) is 4.19. The summed E-state index contributed by atoms with van der Waals surface area (Å²) in [5.41, 5.74) is 4.11. The minimum absolute atomic E-state index is 0.173. The number of nitrogens with zero attached hydrogens (tertiary/aromatic N) is 1. The van der Waals surface area contributed by atoms with Gasteiger partial charge in [0, 0.05) is 18.0 Å². The SMILES string of the molecule is O=C(Cc1ccc2c(c1)CCCC2)NCC1CCN(Cc2cccs2)CC1. The van der Waals surface area contributed by atoms with Gasteiger partial charge in [-0.15, -0.1) is 11.3 Å². The second kappa shape index (κ2) is 9.03. The van der Waals surface area contributed by atoms with Crippen molar-refractivity contribution in [3.63, 3.8) is 0 Å². The number of piperidine rings is 1. The van der Waals surface area contributed by atoms with Gasteiger partial charge in [0.05, 0.1) is 6.42 Å². The first-order valence-electron chi connectivity index (χ1n) is 10.4. The molecule has 2 aliphatic rings. The quantitative estimate of drug-likeness (QED) is 0.812. The van der Waals surface area contributed by atoms with E-state index in [4.69, 9.17) is 0 Å². The van der Waals surface area contributed by atoms with Crippen molar-refractivity contribution >= 4 is 17.2 Å². The van der Waals surface area contributed by atoms with Crippen LogP contribution in [-0.2, 0) is 30.6 Å². The monoisotopic (exact) mass is 382 g/mol. The Labute approximate surface area is 166 Å². The van der Waals surface area contributed by atoms with E-state index in [0.717, 1.165) is 26.2 Å². The lowest BCUT2D eigenvalue weighted by atomic mass is 9.90. The standard InChI is InChI=1S/C23H30N2OS/c26-23(15-19-7-8-20-4-1-2-5-21(20)14-19)24-16-18-9-11-25(12-10-18)17-22-6-3-13-27-22/h3,6-8,13-14,18H,1-2,4-5,9-12,15-17H2,(H,24,26). The summed E-state index contributed by atoms with van der Waals surface area (Å²) in [6, 6.07) is 11.0. The van der Waals surface area contributed by atoms with Gasteiger partial charge in [-0.2, -0.15) is 0 Å². The van der Waals surface area contributed by atoms with Crippen LogP contribution in [0, 0.1) is 5.92 Å². The smallest absolute Gasteiger partial charge is 0.224 e. The molecule has 0 atom stereocenters. The molecule has 2 aromatic rings. The highest BCUT2D eigenvalue weighted by Crippen LogP contribution is 2.23. The van der Waals surface area contributed by atoms with Gasteiger partial charge in [-0.25, -0.2) is 0 Å². The maximum absolute atomic E-state index is 12.4. The minimum Gasteiger partial charge on any atom is -0.356 e. The van der Waals surface area contributed by atoms with Crippen molar-refractivity contribution in [2.24, 2.45) is 5.92 Å². The Morgan fingerprint density at radius 1 is 1.11 bits per heavy atom. The first-order valence-corrected chi connectivity index (χ1v) is 11.3. The summed E-state index contributed by atoms with van der Waals surface area (Å²) in [7, 11) is 0. The van der Waals surface area contributed by atoms with Gasteiger partial charge in [-0.3, -0.25) is 9.69 Å². The van der Waals surface area contributed by atoms with Crippen LogP contribution in [0.2, 0.25) is 0 Å². The number of carbonyl (C=O) groups is 1. The van der Waals surface area contributed by atoms with Gasteiger partial charge in [0.1, 0.15) is 0 Å². The summed E-state index contributed by atoms with van der Waals surface area (Å²) in [5, 5.41) is 5.34. The number of hydrogen-bond acceptors (Lipinski definition) is 3. The number of thiophene rings is 1. The lowest BCUT2D eigenvalue weighted by Crippen LogP contribution is -2.38. The molecule has 0 bridgehead atoms. The van der Waals surface area contributed by atoms with E-state index in [-0.39, 0.29) is 5.91 Å². The van der Waals surface area contributed by atoms with Crippen molar-refractivity contribution in [2.45, 2.75) is 51.5 Å². The molecule has 0 unspecified atom stereocenters. The molecule has 4 rings (SSSR count). The van der Waals surface area contributed by atoms with E-state index < -0.39 is 0 Å². The number of hydrogen-bond donors (Lipinski definition) is 1. The molecular weight excluding hydrogens is 352 g/mol. The molecule has 1 aliphatic carbocycles. The average molecular weight is 383 g/mol. The van der Waals surface area contributed by atoms with Crippen molar-refractivity contribution in [1.82, 2.24) is 10.2 Å². The second-order valence-corrected chi connectivity index (χ2v) is 9.12. The maximum Gasteiger partial charge on any atom is 0.224 e. The molecule has 2 heterocycles. The van der Waals surface area contributed by atoms with Gasteiger partial charge >= 0.3 is 0 Å². The highest BCUT2D eigenvalue weighted by Gasteiger charge is 2.20. The van der Waals surface area contributed by atoms with Crippen molar-refractivity contribution in [3.05, 3.63) is 57.3 Å². The van der Waals surface area contributed by atoms with Crippen LogP contribution in [-0.4, -0.2) is 30.4 Å². The molecule has 0 saturated carbocycles. The fourth-order valence-corrected chi connectivity index (χ4v) is 5.12. The van der Waals surface area contributed by atoms with Crippen LogP contribution in [0.1, 0.15) is 47.3 Å². The summed E-state index contributed by atoms with van der Waals surface area (Å²) in [5.74, 6) is 0.795. The van der Waals surface area contributed by atoms with Gasteiger partial charge in [0.15, 0.2) is 0 Å². The molecule has 4 heteroatoms. The number of likely N-dealkylation sites (tertiary alicyclic amines) is 1. The highest BCUT2D eigenvalue weighted by molar-refractivity contribution is 7.09. The Morgan fingerprint density at radius 3 is 2.70 bits per heavy atom. The van der Waals surface area contributed by atoms with Gasteiger partial charge < -0.3 is 5.32 Å². The van der Waals surface area contributed by atoms with Crippen LogP contribution < -0.4 is 5.32 Å². The zero-order chi connectivity index (χ0) is 18.5. The average Bonchev–Trinajstić information content (AvgIpc) is 3.20. The number of carbonyl (C=O) groups excluding carboxylic acids is 1. The zero-order valence-corrected chi connectivity index (χ0v) is 16.9. The molecule has 1 amide bonds. The van der Waals surface area contributed by atoms with Crippen molar-refractivity contribution in [3.8, 4) is 0 Å². The molecule has 1 aromatic carbocycles. The van der Waals surface area contributed by atoms with Crippen LogP contribution in [0.4, 0.5) is 0 Å². The number of nitrogens with one attached hydrogen (secondary N) is 1. The van der Waals surface area contributed by atoms with E-state index in [2.05, 4.69) is 45.9 Å². The van der Waals surface area contributed by atoms with Gasteiger partial charge in [-0.05, 0) is 85.7 Å². The molecular formula is C23H30N2OS. The van der Waals surface area contributed by atoms with Crippen LogP contribution in [0.15, 0.2) is 35.7 Å². The Morgan fingerprint density at radius 2 is 1.93 bits per heavy atom. The predicted octanol–water partition coefficient (Wildman–Crippen LogP) is 4.20. The Hall–Kier alpha value is -1.65. The van der Waals surface area contributed by atoms with Crippen LogP contribution >= 0.6 is 11.3 Å². The largest absolute Gasteiger partial charge is 0.356 e. The minimum atomic E-state index is 0.173. The second-order valence-electron chi connectivity index (χ2n) is 8.09. The topological polar surface area (TPSA) is 32.3 Å². The fourth-order valence-electron chi connectivity index (χ4n) is 4.37. The number of aryl methyl sites for hydroxylation is 2. The normalized spacial score (nSPS) is 18.2. The van der Waals surface area contributed by atoms with E-state index in [1.165, 1.54) is 60.1 Å².